The van der Waals surface area contributed by atoms with E-state index in [1.165, 1.54) is 5.56 Å². The summed E-state index contributed by atoms with van der Waals surface area (Å²) in [4.78, 5) is 0. The zero-order chi connectivity index (χ0) is 18.0. The molecule has 0 atom stereocenters. The lowest BCUT2D eigenvalue weighted by Gasteiger charge is -2.07. The van der Waals surface area contributed by atoms with Crippen molar-refractivity contribution in [3.63, 3.8) is 0 Å². The molecular formula is C20H26O4S. The monoisotopic (exact) mass is 362 g/mol. The van der Waals surface area contributed by atoms with Gasteiger partial charge in [-0.2, -0.15) is 8.42 Å². The molecule has 4 nitrogen and oxygen atoms in total. The summed E-state index contributed by atoms with van der Waals surface area (Å²) in [7, 11) is -3.80. The Kier molecular flexibility index (Phi) is 7.95. The predicted molar refractivity (Wildman–Crippen MR) is 100 cm³/mol. The van der Waals surface area contributed by atoms with Gasteiger partial charge in [-0.15, -0.1) is 0 Å². The highest BCUT2D eigenvalue weighted by molar-refractivity contribution is 7.85. The van der Waals surface area contributed by atoms with E-state index in [0.29, 0.717) is 13.0 Å². The second-order valence-corrected chi connectivity index (χ2v) is 7.79. The molecule has 0 aliphatic heterocycles. The number of hydrogen-bond acceptors (Lipinski definition) is 3. The molecule has 0 spiro atoms. The molecular weight excluding hydrogens is 336 g/mol. The van der Waals surface area contributed by atoms with Crippen LogP contribution in [0.4, 0.5) is 0 Å². The summed E-state index contributed by atoms with van der Waals surface area (Å²) in [6.45, 7) is 0.573. The predicted octanol–water partition coefficient (Wildman–Crippen LogP) is 4.65. The van der Waals surface area contributed by atoms with Gasteiger partial charge in [0.05, 0.1) is 5.75 Å². The average Bonchev–Trinajstić information content (AvgIpc) is 2.60. The Labute approximate surface area is 150 Å². The van der Waals surface area contributed by atoms with E-state index in [0.717, 1.165) is 43.4 Å². The van der Waals surface area contributed by atoms with E-state index in [-0.39, 0.29) is 5.75 Å². The number of ether oxygens (including phenoxy) is 1. The van der Waals surface area contributed by atoms with Gasteiger partial charge in [-0.3, -0.25) is 4.55 Å². The van der Waals surface area contributed by atoms with Crippen LogP contribution < -0.4 is 4.74 Å². The van der Waals surface area contributed by atoms with Gasteiger partial charge in [0.1, 0.15) is 12.4 Å². The Morgan fingerprint density at radius 3 is 2.08 bits per heavy atom. The highest BCUT2D eigenvalue weighted by atomic mass is 32.2. The molecule has 0 radical (unpaired) electrons. The molecule has 0 aliphatic carbocycles. The molecule has 0 bridgehead atoms. The lowest BCUT2D eigenvalue weighted by Crippen LogP contribution is -2.03. The van der Waals surface area contributed by atoms with Gasteiger partial charge in [-0.1, -0.05) is 61.7 Å². The fraction of sp³-hybridized carbons (Fsp3) is 0.400. The Morgan fingerprint density at radius 2 is 1.40 bits per heavy atom. The topological polar surface area (TPSA) is 63.6 Å². The maximum absolute atomic E-state index is 10.6. The minimum Gasteiger partial charge on any atom is -0.489 e. The van der Waals surface area contributed by atoms with Crippen molar-refractivity contribution in [2.45, 2.75) is 45.1 Å². The van der Waals surface area contributed by atoms with Crippen LogP contribution in [-0.4, -0.2) is 18.7 Å². The normalized spacial score (nSPS) is 11.4. The van der Waals surface area contributed by atoms with Crippen molar-refractivity contribution < 1.29 is 17.7 Å². The number of rotatable bonds is 11. The van der Waals surface area contributed by atoms with Crippen molar-refractivity contribution in [3.8, 4) is 5.75 Å². The molecule has 0 aromatic heterocycles. The number of benzene rings is 2. The van der Waals surface area contributed by atoms with Gasteiger partial charge in [0.15, 0.2) is 0 Å². The van der Waals surface area contributed by atoms with Crippen LogP contribution in [0.15, 0.2) is 54.6 Å². The van der Waals surface area contributed by atoms with Crippen LogP contribution in [0.25, 0.3) is 0 Å². The molecule has 2 rings (SSSR count). The van der Waals surface area contributed by atoms with E-state index in [1.807, 2.05) is 42.5 Å². The minimum atomic E-state index is -3.80. The molecule has 0 amide bonds. The Hall–Kier alpha value is -1.85. The van der Waals surface area contributed by atoms with E-state index in [1.54, 1.807) is 0 Å². The van der Waals surface area contributed by atoms with Crippen molar-refractivity contribution in [2.24, 2.45) is 0 Å². The SMILES string of the molecule is O=S(=O)(O)CCCCCCCc1ccc(OCc2ccccc2)cc1. The van der Waals surface area contributed by atoms with Gasteiger partial charge in [-0.25, -0.2) is 0 Å². The van der Waals surface area contributed by atoms with Crippen LogP contribution in [0, 0.1) is 0 Å². The Morgan fingerprint density at radius 1 is 0.760 bits per heavy atom. The summed E-state index contributed by atoms with van der Waals surface area (Å²) in [6, 6.07) is 18.3. The molecule has 0 unspecified atom stereocenters. The second kappa shape index (κ2) is 10.2. The molecule has 0 saturated heterocycles. The Balaban J connectivity index is 1.60. The molecule has 5 heteroatoms. The van der Waals surface area contributed by atoms with Gasteiger partial charge < -0.3 is 4.74 Å². The zero-order valence-electron chi connectivity index (χ0n) is 14.4. The fourth-order valence-corrected chi connectivity index (χ4v) is 3.21. The lowest BCUT2D eigenvalue weighted by molar-refractivity contribution is 0.306. The smallest absolute Gasteiger partial charge is 0.264 e. The van der Waals surface area contributed by atoms with Gasteiger partial charge >= 0.3 is 0 Å². The molecule has 0 saturated carbocycles. The van der Waals surface area contributed by atoms with Crippen LogP contribution in [0.3, 0.4) is 0 Å². The molecule has 1 N–H and O–H groups in total. The Bertz CT molecular complexity index is 709. The summed E-state index contributed by atoms with van der Waals surface area (Å²) in [5, 5.41) is 0. The largest absolute Gasteiger partial charge is 0.489 e. The van der Waals surface area contributed by atoms with E-state index in [9.17, 15) is 8.42 Å². The van der Waals surface area contributed by atoms with E-state index in [2.05, 4.69) is 12.1 Å². The van der Waals surface area contributed by atoms with Crippen molar-refractivity contribution in [2.75, 3.05) is 5.75 Å². The van der Waals surface area contributed by atoms with Crippen LogP contribution in [0.2, 0.25) is 0 Å². The molecule has 0 aliphatic rings. The second-order valence-electron chi connectivity index (χ2n) is 6.22. The number of unbranched alkanes of at least 4 members (excludes halogenated alkanes) is 4. The molecule has 2 aromatic rings. The van der Waals surface area contributed by atoms with Gasteiger partial charge in [0, 0.05) is 0 Å². The van der Waals surface area contributed by atoms with Gasteiger partial charge in [0.2, 0.25) is 0 Å². The maximum Gasteiger partial charge on any atom is 0.264 e. The zero-order valence-corrected chi connectivity index (χ0v) is 15.2. The van der Waals surface area contributed by atoms with Crippen molar-refractivity contribution in [3.05, 3.63) is 65.7 Å². The minimum absolute atomic E-state index is 0.128. The average molecular weight is 362 g/mol. The quantitative estimate of drug-likeness (QED) is 0.467. The van der Waals surface area contributed by atoms with Gasteiger partial charge in [0.25, 0.3) is 10.1 Å². The fourth-order valence-electron chi connectivity index (χ4n) is 2.64. The third-order valence-corrected chi connectivity index (χ3v) is 4.84. The van der Waals surface area contributed by atoms with E-state index >= 15 is 0 Å². The molecule has 2 aromatic carbocycles. The molecule has 0 heterocycles. The summed E-state index contributed by atoms with van der Waals surface area (Å²) >= 11 is 0. The van der Waals surface area contributed by atoms with Crippen LogP contribution in [0.1, 0.15) is 43.2 Å². The summed E-state index contributed by atoms with van der Waals surface area (Å²) in [6.07, 6.45) is 5.53. The first-order valence-electron chi connectivity index (χ1n) is 8.74. The third kappa shape index (κ3) is 8.70. The molecule has 136 valence electrons. The molecule has 0 fully saturated rings. The first-order chi connectivity index (χ1) is 12.0. The lowest BCUT2D eigenvalue weighted by atomic mass is 10.1. The van der Waals surface area contributed by atoms with Crippen molar-refractivity contribution in [1.29, 1.82) is 0 Å². The first kappa shape index (κ1) is 19.5. The number of aryl methyl sites for hydroxylation is 1. The van der Waals surface area contributed by atoms with Crippen LogP contribution in [-0.2, 0) is 23.1 Å². The van der Waals surface area contributed by atoms with Crippen LogP contribution in [0.5, 0.6) is 5.75 Å². The molecule has 25 heavy (non-hydrogen) atoms. The van der Waals surface area contributed by atoms with Crippen molar-refractivity contribution >= 4 is 10.1 Å². The standard InChI is InChI=1S/C20H26O4S/c21-25(22,23)16-8-3-1-2-5-9-18-12-14-20(15-13-18)24-17-19-10-6-4-7-11-19/h4,6-7,10-15H,1-3,5,8-9,16-17H2,(H,21,22,23). The summed E-state index contributed by atoms with van der Waals surface area (Å²) in [5.41, 5.74) is 2.44. The maximum atomic E-state index is 10.6. The highest BCUT2D eigenvalue weighted by Crippen LogP contribution is 2.16. The van der Waals surface area contributed by atoms with E-state index in [4.69, 9.17) is 9.29 Å². The van der Waals surface area contributed by atoms with Crippen LogP contribution >= 0.6 is 0 Å². The highest BCUT2D eigenvalue weighted by Gasteiger charge is 2.03. The summed E-state index contributed by atoms with van der Waals surface area (Å²) in [5.74, 6) is 0.745. The third-order valence-electron chi connectivity index (χ3n) is 4.04. The van der Waals surface area contributed by atoms with Crippen molar-refractivity contribution in [1.82, 2.24) is 0 Å². The summed E-state index contributed by atoms with van der Waals surface area (Å²) < 4.78 is 35.6. The van der Waals surface area contributed by atoms with E-state index < -0.39 is 10.1 Å². The number of hydrogen-bond donors (Lipinski definition) is 1. The van der Waals surface area contributed by atoms with Gasteiger partial charge in [-0.05, 0) is 42.5 Å². The first-order valence-corrected chi connectivity index (χ1v) is 10.3.